The molecule has 2 fully saturated rings. The molecule has 2 saturated heterocycles. The van der Waals surface area contributed by atoms with Crippen LogP contribution in [0.5, 0.6) is 0 Å². The van der Waals surface area contributed by atoms with E-state index in [1.165, 1.54) is 30.6 Å². The van der Waals surface area contributed by atoms with E-state index in [2.05, 4.69) is 20.6 Å². The van der Waals surface area contributed by atoms with Crippen LogP contribution in [0.2, 0.25) is 0 Å². The van der Waals surface area contributed by atoms with E-state index in [0.717, 1.165) is 0 Å². The lowest BCUT2D eigenvalue weighted by atomic mass is 9.95. The van der Waals surface area contributed by atoms with Gasteiger partial charge in [0.15, 0.2) is 0 Å². The Morgan fingerprint density at radius 2 is 2.00 bits per heavy atom. The smallest absolute Gasteiger partial charge is 0.322 e. The lowest BCUT2D eigenvalue weighted by Gasteiger charge is -2.44. The number of hydrogen-bond donors (Lipinski definition) is 3. The fraction of sp³-hybridized carbons (Fsp3) is 0.478. The summed E-state index contributed by atoms with van der Waals surface area (Å²) < 4.78 is 24.9. The summed E-state index contributed by atoms with van der Waals surface area (Å²) >= 11 is 0. The zero-order valence-corrected chi connectivity index (χ0v) is 18.6. The number of benzene rings is 1. The van der Waals surface area contributed by atoms with Gasteiger partial charge in [-0.25, -0.2) is 19.2 Å². The van der Waals surface area contributed by atoms with Crippen LogP contribution >= 0.6 is 0 Å². The predicted molar refractivity (Wildman–Crippen MR) is 119 cm³/mol. The molecule has 182 valence electrons. The minimum Gasteiger partial charge on any atom is -0.389 e. The Labute approximate surface area is 196 Å². The third-order valence-electron chi connectivity index (χ3n) is 5.86. The van der Waals surface area contributed by atoms with E-state index < -0.39 is 24.1 Å². The number of urea groups is 1. The molecular weight excluding hydrogens is 445 g/mol. The van der Waals surface area contributed by atoms with E-state index in [4.69, 9.17) is 9.47 Å². The molecule has 0 saturated carbocycles. The number of rotatable bonds is 5. The summed E-state index contributed by atoms with van der Waals surface area (Å²) in [5.41, 5.74) is 1.16. The number of aromatic nitrogens is 2. The lowest BCUT2D eigenvalue weighted by molar-refractivity contribution is -0.149. The van der Waals surface area contributed by atoms with Gasteiger partial charge in [0, 0.05) is 11.9 Å². The van der Waals surface area contributed by atoms with Crippen LogP contribution in [0.4, 0.5) is 14.9 Å². The average molecular weight is 474 g/mol. The first-order valence-electron chi connectivity index (χ1n) is 11.2. The molecule has 0 unspecified atom stereocenters. The van der Waals surface area contributed by atoms with Crippen LogP contribution in [0.1, 0.15) is 25.0 Å². The highest BCUT2D eigenvalue weighted by Crippen LogP contribution is 2.28. The molecule has 3 amide bonds. The number of ether oxygens (including phenoxy) is 2. The van der Waals surface area contributed by atoms with Gasteiger partial charge in [-0.15, -0.1) is 0 Å². The monoisotopic (exact) mass is 473 g/mol. The van der Waals surface area contributed by atoms with Crippen molar-refractivity contribution in [3.05, 3.63) is 54.4 Å². The molecular formula is C23H28FN5O5. The maximum Gasteiger partial charge on any atom is 0.322 e. The summed E-state index contributed by atoms with van der Waals surface area (Å²) in [5, 5.41) is 15.8. The highest BCUT2D eigenvalue weighted by atomic mass is 19.1. The highest BCUT2D eigenvalue weighted by molar-refractivity contribution is 5.89. The van der Waals surface area contributed by atoms with Crippen LogP contribution in [0.25, 0.3) is 0 Å². The summed E-state index contributed by atoms with van der Waals surface area (Å²) in [7, 11) is 0. The van der Waals surface area contributed by atoms with Gasteiger partial charge in [-0.3, -0.25) is 4.79 Å². The molecule has 2 aliphatic heterocycles. The number of carbonyl (C=O) groups excluding carboxylic acids is 2. The maximum atomic E-state index is 13.2. The number of amides is 3. The van der Waals surface area contributed by atoms with Crippen molar-refractivity contribution in [3.8, 4) is 0 Å². The van der Waals surface area contributed by atoms with Gasteiger partial charge in [-0.05, 0) is 43.2 Å². The van der Waals surface area contributed by atoms with Gasteiger partial charge in [-0.1, -0.05) is 0 Å². The second-order valence-electron chi connectivity index (χ2n) is 8.40. The van der Waals surface area contributed by atoms with Crippen LogP contribution in [0.3, 0.4) is 0 Å². The van der Waals surface area contributed by atoms with E-state index in [-0.39, 0.29) is 44.2 Å². The van der Waals surface area contributed by atoms with Crippen LogP contribution < -0.4 is 10.6 Å². The van der Waals surface area contributed by atoms with Gasteiger partial charge in [0.1, 0.15) is 18.2 Å². The molecule has 0 bridgehead atoms. The van der Waals surface area contributed by atoms with Crippen molar-refractivity contribution in [2.24, 2.45) is 0 Å². The summed E-state index contributed by atoms with van der Waals surface area (Å²) in [4.78, 5) is 34.9. The SMILES string of the molecule is O=C(C[C@H]1CC[C@H]2[C@@H](COC[C@H](O)CN2C(=O)Nc2ccc(F)cc2)O1)NCc1ccncn1. The molecule has 3 heterocycles. The highest BCUT2D eigenvalue weighted by Gasteiger charge is 2.40. The normalized spacial score (nSPS) is 24.9. The molecule has 10 nitrogen and oxygen atoms in total. The number of hydrogen-bond acceptors (Lipinski definition) is 7. The molecule has 4 atom stereocenters. The Balaban J connectivity index is 1.36. The number of halogens is 1. The fourth-order valence-corrected chi connectivity index (χ4v) is 4.19. The summed E-state index contributed by atoms with van der Waals surface area (Å²) in [6.45, 7) is 0.637. The van der Waals surface area contributed by atoms with E-state index >= 15 is 0 Å². The van der Waals surface area contributed by atoms with Gasteiger partial charge in [0.2, 0.25) is 5.91 Å². The van der Waals surface area contributed by atoms with E-state index in [1.807, 2.05) is 0 Å². The number of carbonyl (C=O) groups is 2. The largest absolute Gasteiger partial charge is 0.389 e. The topological polar surface area (TPSA) is 126 Å². The standard InChI is InChI=1S/C23H28FN5O5/c24-15-1-3-16(4-2-15)28-23(32)29-11-18(30)12-33-13-21-20(29)6-5-19(34-21)9-22(31)26-10-17-7-8-25-14-27-17/h1-4,7-8,14,18-21,30H,5-6,9-13H2,(H,26,31)(H,28,32)/t18-,19-,20+,21-/m1/s1. The van der Waals surface area contributed by atoms with Crippen molar-refractivity contribution in [1.82, 2.24) is 20.2 Å². The first-order chi connectivity index (χ1) is 16.5. The number of aliphatic hydroxyl groups is 1. The molecule has 0 aliphatic carbocycles. The minimum atomic E-state index is -0.842. The zero-order chi connectivity index (χ0) is 23.9. The first kappa shape index (κ1) is 24.0. The van der Waals surface area contributed by atoms with Crippen molar-refractivity contribution in [2.75, 3.05) is 25.1 Å². The van der Waals surface area contributed by atoms with Crippen LogP contribution in [-0.2, 0) is 20.8 Å². The third-order valence-corrected chi connectivity index (χ3v) is 5.86. The zero-order valence-electron chi connectivity index (χ0n) is 18.6. The van der Waals surface area contributed by atoms with Crippen molar-refractivity contribution in [1.29, 1.82) is 0 Å². The summed E-state index contributed by atoms with van der Waals surface area (Å²) in [6, 6.07) is 6.46. The van der Waals surface area contributed by atoms with Crippen molar-refractivity contribution in [2.45, 2.75) is 50.2 Å². The minimum absolute atomic E-state index is 0.0665. The number of nitrogens with one attached hydrogen (secondary N) is 2. The quantitative estimate of drug-likeness (QED) is 0.600. The summed E-state index contributed by atoms with van der Waals surface area (Å²) in [6.07, 6.45) is 2.77. The Morgan fingerprint density at radius 3 is 2.76 bits per heavy atom. The number of anilines is 1. The molecule has 11 heteroatoms. The predicted octanol–water partition coefficient (Wildman–Crippen LogP) is 1.46. The number of fused-ring (bicyclic) bond motifs is 1. The number of β-amino-alcohol motifs (C(OH)–C–C–N with tert-alkyl or cyclic N) is 1. The number of nitrogens with zero attached hydrogens (tertiary/aromatic N) is 3. The van der Waals surface area contributed by atoms with Crippen LogP contribution in [-0.4, -0.2) is 76.0 Å². The third kappa shape index (κ3) is 6.46. The van der Waals surface area contributed by atoms with Crippen molar-refractivity contribution >= 4 is 17.6 Å². The van der Waals surface area contributed by atoms with Crippen LogP contribution in [0, 0.1) is 5.82 Å². The maximum absolute atomic E-state index is 13.2. The molecule has 1 aromatic carbocycles. The molecule has 2 aliphatic rings. The van der Waals surface area contributed by atoms with E-state index in [9.17, 15) is 19.1 Å². The molecule has 0 radical (unpaired) electrons. The van der Waals surface area contributed by atoms with Crippen LogP contribution in [0.15, 0.2) is 42.9 Å². The average Bonchev–Trinajstić information content (AvgIpc) is 2.82. The van der Waals surface area contributed by atoms with Gasteiger partial charge in [0.25, 0.3) is 0 Å². The molecule has 34 heavy (non-hydrogen) atoms. The van der Waals surface area contributed by atoms with Gasteiger partial charge in [0.05, 0.1) is 56.7 Å². The van der Waals surface area contributed by atoms with Crippen molar-refractivity contribution in [3.63, 3.8) is 0 Å². The lowest BCUT2D eigenvalue weighted by Crippen LogP contribution is -2.58. The molecule has 2 aromatic rings. The van der Waals surface area contributed by atoms with E-state index in [1.54, 1.807) is 17.2 Å². The van der Waals surface area contributed by atoms with Gasteiger partial charge < -0.3 is 30.1 Å². The Kier molecular flexibility index (Phi) is 7.99. The number of aliphatic hydroxyl groups excluding tert-OH is 1. The van der Waals surface area contributed by atoms with Crippen molar-refractivity contribution < 1.29 is 28.6 Å². The molecule has 0 spiro atoms. The van der Waals surface area contributed by atoms with Gasteiger partial charge in [-0.2, -0.15) is 0 Å². The molecule has 4 rings (SSSR count). The fourth-order valence-electron chi connectivity index (χ4n) is 4.19. The first-order valence-corrected chi connectivity index (χ1v) is 11.2. The van der Waals surface area contributed by atoms with Gasteiger partial charge >= 0.3 is 6.03 Å². The second kappa shape index (κ2) is 11.3. The molecule has 3 N–H and O–H groups in total. The Morgan fingerprint density at radius 1 is 1.18 bits per heavy atom. The second-order valence-corrected chi connectivity index (χ2v) is 8.40. The Bertz CT molecular complexity index is 964. The Hall–Kier alpha value is -3.15. The molecule has 1 aromatic heterocycles. The summed E-state index contributed by atoms with van der Waals surface area (Å²) in [5.74, 6) is -0.556. The van der Waals surface area contributed by atoms with E-state index in [0.29, 0.717) is 30.8 Å².